The van der Waals surface area contributed by atoms with Crippen LogP contribution in [-0.4, -0.2) is 31.3 Å². The minimum Gasteiger partial charge on any atom is -0.443 e. The van der Waals surface area contributed by atoms with Gasteiger partial charge in [-0.15, -0.1) is 0 Å². The number of anilines is 1. The number of carbonyl (C=O) groups excluding carboxylic acids is 1. The van der Waals surface area contributed by atoms with Crippen LogP contribution in [0.15, 0.2) is 18.2 Å². The van der Waals surface area contributed by atoms with Gasteiger partial charge in [0.2, 0.25) is 0 Å². The van der Waals surface area contributed by atoms with Crippen LogP contribution >= 0.6 is 0 Å². The van der Waals surface area contributed by atoms with E-state index in [1.165, 1.54) is 24.0 Å². The second-order valence-electron chi connectivity index (χ2n) is 7.72. The molecule has 23 heavy (non-hydrogen) atoms. The first kappa shape index (κ1) is 16.3. The lowest BCUT2D eigenvalue weighted by atomic mass is 9.91. The molecule has 1 fully saturated rings. The van der Waals surface area contributed by atoms with Crippen LogP contribution in [0.1, 0.15) is 44.7 Å². The average molecular weight is 316 g/mol. The zero-order valence-electron chi connectivity index (χ0n) is 14.5. The Kier molecular flexibility index (Phi) is 4.62. The third-order valence-electron chi connectivity index (χ3n) is 4.60. The van der Waals surface area contributed by atoms with Crippen LogP contribution in [0.5, 0.6) is 0 Å². The molecule has 0 radical (unpaired) electrons. The standard InChI is InChI=1S/C19H28N2O2/c1-19(2,3)23-18(22)21-11-9-15-7-4-8-16(17(15)21)12-14-6-5-10-20-13-14/h4,7-8,14,20H,5-6,9-13H2,1-3H3. The lowest BCUT2D eigenvalue weighted by Crippen LogP contribution is -2.36. The second kappa shape index (κ2) is 6.52. The summed E-state index contributed by atoms with van der Waals surface area (Å²) in [6.07, 6.45) is 4.25. The van der Waals surface area contributed by atoms with Crippen molar-refractivity contribution in [1.82, 2.24) is 5.32 Å². The maximum Gasteiger partial charge on any atom is 0.414 e. The number of benzene rings is 1. The Bertz CT molecular complexity index is 571. The molecule has 1 N–H and O–H groups in total. The number of rotatable bonds is 2. The van der Waals surface area contributed by atoms with Crippen LogP contribution in [0, 0.1) is 5.92 Å². The average Bonchev–Trinajstić information content (AvgIpc) is 2.92. The summed E-state index contributed by atoms with van der Waals surface area (Å²) in [5.41, 5.74) is 3.21. The highest BCUT2D eigenvalue weighted by atomic mass is 16.6. The Labute approximate surface area is 139 Å². The number of nitrogens with one attached hydrogen (secondary N) is 1. The molecule has 1 amide bonds. The predicted molar refractivity (Wildman–Crippen MR) is 93.0 cm³/mol. The molecule has 1 saturated heterocycles. The fourth-order valence-electron chi connectivity index (χ4n) is 3.61. The number of nitrogens with zero attached hydrogens (tertiary/aromatic N) is 1. The molecule has 1 atom stereocenters. The molecule has 1 aromatic rings. The minimum atomic E-state index is -0.456. The van der Waals surface area contributed by atoms with Crippen LogP contribution in [-0.2, 0) is 17.6 Å². The van der Waals surface area contributed by atoms with Crippen molar-refractivity contribution in [3.63, 3.8) is 0 Å². The Balaban J connectivity index is 1.81. The summed E-state index contributed by atoms with van der Waals surface area (Å²) in [6, 6.07) is 6.45. The van der Waals surface area contributed by atoms with E-state index < -0.39 is 5.60 Å². The van der Waals surface area contributed by atoms with Gasteiger partial charge in [0.1, 0.15) is 5.60 Å². The van der Waals surface area contributed by atoms with Gasteiger partial charge in [0.15, 0.2) is 0 Å². The number of hydrogen-bond donors (Lipinski definition) is 1. The molecule has 0 aliphatic carbocycles. The molecule has 4 heteroatoms. The van der Waals surface area contributed by atoms with E-state index in [1.807, 2.05) is 25.7 Å². The number of ether oxygens (including phenoxy) is 1. The topological polar surface area (TPSA) is 41.6 Å². The molecule has 2 aliphatic rings. The van der Waals surface area contributed by atoms with Crippen molar-refractivity contribution >= 4 is 11.8 Å². The zero-order chi connectivity index (χ0) is 16.4. The Hall–Kier alpha value is -1.55. The highest BCUT2D eigenvalue weighted by Gasteiger charge is 2.31. The first-order valence-electron chi connectivity index (χ1n) is 8.76. The van der Waals surface area contributed by atoms with Crippen molar-refractivity contribution in [3.8, 4) is 0 Å². The molecule has 1 unspecified atom stereocenters. The zero-order valence-corrected chi connectivity index (χ0v) is 14.5. The van der Waals surface area contributed by atoms with E-state index in [9.17, 15) is 4.79 Å². The first-order valence-corrected chi connectivity index (χ1v) is 8.76. The largest absolute Gasteiger partial charge is 0.443 e. The van der Waals surface area contributed by atoms with E-state index in [2.05, 4.69) is 23.5 Å². The Morgan fingerprint density at radius 1 is 1.39 bits per heavy atom. The molecule has 1 aromatic carbocycles. The first-order chi connectivity index (χ1) is 10.9. The molecule has 4 nitrogen and oxygen atoms in total. The summed E-state index contributed by atoms with van der Waals surface area (Å²) in [4.78, 5) is 14.4. The number of piperidine rings is 1. The molecule has 2 heterocycles. The molecule has 3 rings (SSSR count). The van der Waals surface area contributed by atoms with Gasteiger partial charge in [-0.1, -0.05) is 18.2 Å². The van der Waals surface area contributed by atoms with E-state index >= 15 is 0 Å². The summed E-state index contributed by atoms with van der Waals surface area (Å²) in [5, 5.41) is 3.48. The van der Waals surface area contributed by atoms with Gasteiger partial charge in [-0.05, 0) is 76.6 Å². The number of carbonyl (C=O) groups is 1. The summed E-state index contributed by atoms with van der Waals surface area (Å²) in [6.45, 7) is 8.69. The summed E-state index contributed by atoms with van der Waals surface area (Å²) >= 11 is 0. The van der Waals surface area contributed by atoms with Crippen molar-refractivity contribution in [2.24, 2.45) is 5.92 Å². The van der Waals surface area contributed by atoms with Gasteiger partial charge in [-0.25, -0.2) is 4.79 Å². The van der Waals surface area contributed by atoms with Gasteiger partial charge in [0.25, 0.3) is 0 Å². The molecule has 0 saturated carbocycles. The van der Waals surface area contributed by atoms with E-state index in [0.717, 1.165) is 38.2 Å². The minimum absolute atomic E-state index is 0.217. The van der Waals surface area contributed by atoms with Gasteiger partial charge in [-0.2, -0.15) is 0 Å². The van der Waals surface area contributed by atoms with Crippen molar-refractivity contribution in [2.45, 2.75) is 52.1 Å². The summed E-state index contributed by atoms with van der Waals surface area (Å²) < 4.78 is 5.60. The van der Waals surface area contributed by atoms with Crippen LogP contribution in [0.4, 0.5) is 10.5 Å². The van der Waals surface area contributed by atoms with Crippen LogP contribution in [0.25, 0.3) is 0 Å². The van der Waals surface area contributed by atoms with Gasteiger partial charge in [0, 0.05) is 6.54 Å². The van der Waals surface area contributed by atoms with E-state index in [4.69, 9.17) is 4.74 Å². The van der Waals surface area contributed by atoms with Crippen LogP contribution in [0.3, 0.4) is 0 Å². The van der Waals surface area contributed by atoms with Gasteiger partial charge >= 0.3 is 6.09 Å². The van der Waals surface area contributed by atoms with Gasteiger partial charge in [0.05, 0.1) is 5.69 Å². The van der Waals surface area contributed by atoms with Crippen molar-refractivity contribution < 1.29 is 9.53 Å². The number of amides is 1. The fraction of sp³-hybridized carbons (Fsp3) is 0.632. The third-order valence-corrected chi connectivity index (χ3v) is 4.60. The van der Waals surface area contributed by atoms with Crippen LogP contribution in [0.2, 0.25) is 0 Å². The summed E-state index contributed by atoms with van der Waals surface area (Å²) in [7, 11) is 0. The van der Waals surface area contributed by atoms with Gasteiger partial charge in [-0.3, -0.25) is 4.90 Å². The smallest absolute Gasteiger partial charge is 0.414 e. The van der Waals surface area contributed by atoms with Gasteiger partial charge < -0.3 is 10.1 Å². The SMILES string of the molecule is CC(C)(C)OC(=O)N1CCc2cccc(CC3CCCNC3)c21. The van der Waals surface area contributed by atoms with E-state index in [1.54, 1.807) is 0 Å². The maximum absolute atomic E-state index is 12.6. The molecule has 126 valence electrons. The fourth-order valence-corrected chi connectivity index (χ4v) is 3.61. The Morgan fingerprint density at radius 3 is 2.91 bits per heavy atom. The monoisotopic (exact) mass is 316 g/mol. The second-order valence-corrected chi connectivity index (χ2v) is 7.72. The normalized spacial score (nSPS) is 21.2. The summed E-state index contributed by atoms with van der Waals surface area (Å²) in [5.74, 6) is 0.663. The number of para-hydroxylation sites is 1. The number of fused-ring (bicyclic) bond motifs is 1. The van der Waals surface area contributed by atoms with E-state index in [-0.39, 0.29) is 6.09 Å². The molecular weight excluding hydrogens is 288 g/mol. The molecule has 2 aliphatic heterocycles. The molecule has 0 aromatic heterocycles. The lowest BCUT2D eigenvalue weighted by molar-refractivity contribution is 0.0583. The maximum atomic E-state index is 12.6. The van der Waals surface area contributed by atoms with Crippen molar-refractivity contribution in [3.05, 3.63) is 29.3 Å². The highest BCUT2D eigenvalue weighted by Crippen LogP contribution is 2.35. The predicted octanol–water partition coefficient (Wildman–Crippen LogP) is 3.53. The third kappa shape index (κ3) is 3.86. The Morgan fingerprint density at radius 2 is 2.22 bits per heavy atom. The molecular formula is C19H28N2O2. The lowest BCUT2D eigenvalue weighted by Gasteiger charge is -2.28. The molecule has 0 spiro atoms. The van der Waals surface area contributed by atoms with Crippen molar-refractivity contribution in [1.29, 1.82) is 0 Å². The van der Waals surface area contributed by atoms with Crippen molar-refractivity contribution in [2.75, 3.05) is 24.5 Å². The number of hydrogen-bond acceptors (Lipinski definition) is 3. The molecule has 0 bridgehead atoms. The quantitative estimate of drug-likeness (QED) is 0.907. The van der Waals surface area contributed by atoms with Crippen LogP contribution < -0.4 is 10.2 Å². The highest BCUT2D eigenvalue weighted by molar-refractivity contribution is 5.91. The van der Waals surface area contributed by atoms with E-state index in [0.29, 0.717) is 5.92 Å².